The number of nitrogens with zero attached hydrogens (tertiary/aromatic N) is 1. The summed E-state index contributed by atoms with van der Waals surface area (Å²) in [5.74, 6) is 0. The van der Waals surface area contributed by atoms with Gasteiger partial charge in [-0.05, 0) is 20.8 Å². The van der Waals surface area contributed by atoms with Crippen molar-refractivity contribution in [3.8, 4) is 0 Å². The Bertz CT molecular complexity index is 164. The van der Waals surface area contributed by atoms with Gasteiger partial charge in [0.25, 0.3) is 0 Å². The highest BCUT2D eigenvalue weighted by atomic mass is 16.7. The number of aliphatic hydroxyl groups excluding tert-OH is 1. The van der Waals surface area contributed by atoms with Crippen LogP contribution in [-0.4, -0.2) is 42.1 Å². The molecule has 0 heterocycles. The minimum Gasteiger partial charge on any atom is -0.442 e. The van der Waals surface area contributed by atoms with Gasteiger partial charge in [0.2, 0.25) is 0 Å². The van der Waals surface area contributed by atoms with Crippen molar-refractivity contribution in [3.05, 3.63) is 0 Å². The van der Waals surface area contributed by atoms with Crippen LogP contribution in [0.4, 0.5) is 4.79 Å². The summed E-state index contributed by atoms with van der Waals surface area (Å²) < 4.78 is 4.98. The number of hydroxylamine groups is 2. The third-order valence-corrected chi connectivity index (χ3v) is 1.03. The first kappa shape index (κ1) is 12.2. The Hall–Kier alpha value is -0.810. The number of aliphatic hydroxyl groups is 1. The molecule has 5 nitrogen and oxygen atoms in total. The first-order valence-corrected chi connectivity index (χ1v) is 4.07. The van der Waals surface area contributed by atoms with Gasteiger partial charge in [0.15, 0.2) is 0 Å². The average Bonchev–Trinajstić information content (AvgIpc) is 1.96. The Morgan fingerprint density at radius 3 is 2.38 bits per heavy atom. The van der Waals surface area contributed by atoms with Gasteiger partial charge in [-0.3, -0.25) is 4.84 Å². The van der Waals surface area contributed by atoms with Crippen molar-refractivity contribution < 1.29 is 19.5 Å². The highest BCUT2D eigenvalue weighted by Crippen LogP contribution is 2.08. The standard InChI is InChI=1S/C8H17NO4/c1-8(2,3)13-7(11)9(4)12-6-5-10/h10H,5-6H2,1-4H3. The molecule has 0 aromatic carbocycles. The lowest BCUT2D eigenvalue weighted by molar-refractivity contribution is -0.137. The van der Waals surface area contributed by atoms with E-state index in [0.717, 1.165) is 5.06 Å². The number of rotatable bonds is 3. The molecule has 0 radical (unpaired) electrons. The predicted molar refractivity (Wildman–Crippen MR) is 47.0 cm³/mol. The molecule has 0 rings (SSSR count). The lowest BCUT2D eigenvalue weighted by Crippen LogP contribution is -2.34. The number of carbonyl (C=O) groups is 1. The van der Waals surface area contributed by atoms with Gasteiger partial charge in [0.1, 0.15) is 5.60 Å². The molecule has 0 atom stereocenters. The van der Waals surface area contributed by atoms with Gasteiger partial charge < -0.3 is 9.84 Å². The van der Waals surface area contributed by atoms with Crippen molar-refractivity contribution in [1.29, 1.82) is 0 Å². The van der Waals surface area contributed by atoms with Crippen molar-refractivity contribution in [2.45, 2.75) is 26.4 Å². The van der Waals surface area contributed by atoms with Gasteiger partial charge in [0, 0.05) is 7.05 Å². The molecule has 0 spiro atoms. The monoisotopic (exact) mass is 191 g/mol. The SMILES string of the molecule is CN(OCCO)C(=O)OC(C)(C)C. The second-order valence-electron chi connectivity index (χ2n) is 3.53. The Balaban J connectivity index is 3.83. The van der Waals surface area contributed by atoms with Crippen molar-refractivity contribution in [3.63, 3.8) is 0 Å². The molecular weight excluding hydrogens is 174 g/mol. The Kier molecular flexibility index (Phi) is 4.72. The Labute approximate surface area is 78.2 Å². The fourth-order valence-corrected chi connectivity index (χ4v) is 0.557. The summed E-state index contributed by atoms with van der Waals surface area (Å²) >= 11 is 0. The molecule has 1 N–H and O–H groups in total. The molecule has 78 valence electrons. The summed E-state index contributed by atoms with van der Waals surface area (Å²) in [6.07, 6.45) is -0.569. The smallest absolute Gasteiger partial charge is 0.434 e. The van der Waals surface area contributed by atoms with Gasteiger partial charge >= 0.3 is 6.09 Å². The van der Waals surface area contributed by atoms with E-state index < -0.39 is 11.7 Å². The van der Waals surface area contributed by atoms with Crippen LogP contribution in [-0.2, 0) is 9.57 Å². The minimum absolute atomic E-state index is 0.0791. The van der Waals surface area contributed by atoms with Crippen molar-refractivity contribution in [2.24, 2.45) is 0 Å². The minimum atomic E-state index is -0.569. The van der Waals surface area contributed by atoms with Crippen LogP contribution >= 0.6 is 0 Å². The molecule has 0 unspecified atom stereocenters. The number of hydrogen-bond acceptors (Lipinski definition) is 4. The second kappa shape index (κ2) is 5.04. The topological polar surface area (TPSA) is 59.0 Å². The van der Waals surface area contributed by atoms with E-state index >= 15 is 0 Å². The molecule has 0 aromatic heterocycles. The van der Waals surface area contributed by atoms with Crippen LogP contribution in [0.2, 0.25) is 0 Å². The normalized spacial score (nSPS) is 11.2. The lowest BCUT2D eigenvalue weighted by Gasteiger charge is -2.23. The summed E-state index contributed by atoms with van der Waals surface area (Å²) in [5, 5.41) is 9.39. The molecule has 0 fully saturated rings. The van der Waals surface area contributed by atoms with Crippen LogP contribution in [0, 0.1) is 0 Å². The van der Waals surface area contributed by atoms with E-state index in [4.69, 9.17) is 14.7 Å². The summed E-state index contributed by atoms with van der Waals surface area (Å²) in [5.41, 5.74) is -0.534. The molecule has 13 heavy (non-hydrogen) atoms. The van der Waals surface area contributed by atoms with E-state index in [1.54, 1.807) is 20.8 Å². The van der Waals surface area contributed by atoms with E-state index in [9.17, 15) is 4.79 Å². The number of amides is 1. The molecule has 0 bridgehead atoms. The molecule has 0 aliphatic carbocycles. The van der Waals surface area contributed by atoms with Gasteiger partial charge in [-0.25, -0.2) is 4.79 Å². The first-order valence-electron chi connectivity index (χ1n) is 4.07. The molecule has 5 heteroatoms. The van der Waals surface area contributed by atoms with Crippen LogP contribution in [0.5, 0.6) is 0 Å². The maximum absolute atomic E-state index is 11.2. The van der Waals surface area contributed by atoms with Crippen LogP contribution < -0.4 is 0 Å². The first-order chi connectivity index (χ1) is 5.87. The number of hydrogen-bond donors (Lipinski definition) is 1. The molecule has 0 aliphatic heterocycles. The number of carbonyl (C=O) groups excluding carboxylic acids is 1. The van der Waals surface area contributed by atoms with Crippen molar-refractivity contribution >= 4 is 6.09 Å². The summed E-state index contributed by atoms with van der Waals surface area (Å²) in [7, 11) is 1.43. The third kappa shape index (κ3) is 6.36. The van der Waals surface area contributed by atoms with Crippen molar-refractivity contribution in [1.82, 2.24) is 5.06 Å². The van der Waals surface area contributed by atoms with Gasteiger partial charge in [-0.1, -0.05) is 0 Å². The molecule has 1 amide bonds. The Morgan fingerprint density at radius 2 is 2.00 bits per heavy atom. The van der Waals surface area contributed by atoms with Crippen LogP contribution in [0.25, 0.3) is 0 Å². The summed E-state index contributed by atoms with van der Waals surface area (Å²) in [6, 6.07) is 0. The molecule has 0 aromatic rings. The maximum atomic E-state index is 11.2. The third-order valence-electron chi connectivity index (χ3n) is 1.03. The van der Waals surface area contributed by atoms with Crippen LogP contribution in [0.15, 0.2) is 0 Å². The quantitative estimate of drug-likeness (QED) is 0.669. The van der Waals surface area contributed by atoms with Crippen LogP contribution in [0.3, 0.4) is 0 Å². The van der Waals surface area contributed by atoms with E-state index in [1.165, 1.54) is 7.05 Å². The van der Waals surface area contributed by atoms with Gasteiger partial charge in [0.05, 0.1) is 13.2 Å². The molecule has 0 saturated heterocycles. The van der Waals surface area contributed by atoms with Gasteiger partial charge in [-0.2, -0.15) is 5.06 Å². The fraction of sp³-hybridized carbons (Fsp3) is 0.875. The van der Waals surface area contributed by atoms with Gasteiger partial charge in [-0.15, -0.1) is 0 Å². The zero-order valence-electron chi connectivity index (χ0n) is 8.53. The average molecular weight is 191 g/mol. The van der Waals surface area contributed by atoms with E-state index in [2.05, 4.69) is 0 Å². The zero-order chi connectivity index (χ0) is 10.5. The van der Waals surface area contributed by atoms with Crippen LogP contribution in [0.1, 0.15) is 20.8 Å². The number of ether oxygens (including phenoxy) is 1. The van der Waals surface area contributed by atoms with Crippen molar-refractivity contribution in [2.75, 3.05) is 20.3 Å². The van der Waals surface area contributed by atoms with E-state index in [1.807, 2.05) is 0 Å². The second-order valence-corrected chi connectivity index (χ2v) is 3.53. The largest absolute Gasteiger partial charge is 0.442 e. The van der Waals surface area contributed by atoms with E-state index in [-0.39, 0.29) is 13.2 Å². The summed E-state index contributed by atoms with van der Waals surface area (Å²) in [4.78, 5) is 16.0. The predicted octanol–water partition coefficient (Wildman–Crippen LogP) is 0.777. The highest BCUT2D eigenvalue weighted by Gasteiger charge is 2.19. The Morgan fingerprint density at radius 1 is 1.46 bits per heavy atom. The zero-order valence-corrected chi connectivity index (χ0v) is 8.53. The molecule has 0 saturated carbocycles. The fourth-order valence-electron chi connectivity index (χ4n) is 0.557. The molecular formula is C8H17NO4. The summed E-state index contributed by atoms with van der Waals surface area (Å²) in [6.45, 7) is 5.25. The lowest BCUT2D eigenvalue weighted by atomic mass is 10.2. The highest BCUT2D eigenvalue weighted by molar-refractivity contribution is 5.66. The van der Waals surface area contributed by atoms with E-state index in [0.29, 0.717) is 0 Å². The molecule has 0 aliphatic rings. The maximum Gasteiger partial charge on any atom is 0.434 e.